The first-order chi connectivity index (χ1) is 12.4. The van der Waals surface area contributed by atoms with E-state index in [9.17, 15) is 4.79 Å². The Morgan fingerprint density at radius 1 is 1.15 bits per heavy atom. The van der Waals surface area contributed by atoms with Crippen molar-refractivity contribution in [2.75, 3.05) is 24.8 Å². The second-order valence-electron chi connectivity index (χ2n) is 6.72. The lowest BCUT2D eigenvalue weighted by molar-refractivity contribution is 0.0911. The number of hydrogen-bond donors (Lipinski definition) is 1. The van der Waals surface area contributed by atoms with Gasteiger partial charge in [0.25, 0.3) is 5.91 Å². The predicted octanol–water partition coefficient (Wildman–Crippen LogP) is 3.32. The molecule has 6 nitrogen and oxygen atoms in total. The molecule has 138 valence electrons. The Kier molecular flexibility index (Phi) is 5.02. The third-order valence-corrected chi connectivity index (χ3v) is 4.62. The molecule has 6 heteroatoms. The Morgan fingerprint density at radius 2 is 1.88 bits per heavy atom. The summed E-state index contributed by atoms with van der Waals surface area (Å²) in [5.74, 6) is 2.15. The minimum absolute atomic E-state index is 0.161. The molecule has 0 radical (unpaired) electrons. The number of nitrogens with zero attached hydrogens (tertiary/aromatic N) is 2. The van der Waals surface area contributed by atoms with Gasteiger partial charge in [0.15, 0.2) is 11.5 Å². The smallest absolute Gasteiger partial charge is 0.253 e. The van der Waals surface area contributed by atoms with Gasteiger partial charge in [0.05, 0.1) is 11.1 Å². The van der Waals surface area contributed by atoms with Gasteiger partial charge in [0.1, 0.15) is 5.82 Å². The van der Waals surface area contributed by atoms with Crippen LogP contribution in [0.3, 0.4) is 0 Å². The lowest BCUT2D eigenvalue weighted by Gasteiger charge is -2.27. The van der Waals surface area contributed by atoms with Gasteiger partial charge < -0.3 is 19.7 Å². The molecule has 0 saturated carbocycles. The molecule has 3 rings (SSSR count). The predicted molar refractivity (Wildman–Crippen MR) is 101 cm³/mol. The van der Waals surface area contributed by atoms with Crippen molar-refractivity contribution in [2.24, 2.45) is 0 Å². The summed E-state index contributed by atoms with van der Waals surface area (Å²) in [4.78, 5) is 19.2. The fraction of sp³-hybridized carbons (Fsp3) is 0.400. The second-order valence-corrected chi connectivity index (χ2v) is 6.72. The molecule has 1 aromatic heterocycles. The molecular weight excluding hydrogens is 330 g/mol. The van der Waals surface area contributed by atoms with Crippen molar-refractivity contribution in [3.05, 3.63) is 47.7 Å². The van der Waals surface area contributed by atoms with Crippen molar-refractivity contribution in [3.63, 3.8) is 0 Å². The molecule has 1 amide bonds. The number of anilines is 1. The number of aromatic nitrogens is 1. The quantitative estimate of drug-likeness (QED) is 0.861. The minimum Gasteiger partial charge on any atom is -0.454 e. The topological polar surface area (TPSA) is 63.7 Å². The maximum atomic E-state index is 12.7. The average molecular weight is 355 g/mol. The van der Waals surface area contributed by atoms with Crippen molar-refractivity contribution in [2.45, 2.75) is 33.2 Å². The van der Waals surface area contributed by atoms with E-state index in [4.69, 9.17) is 9.47 Å². The Hall–Kier alpha value is -2.76. The van der Waals surface area contributed by atoms with E-state index in [2.05, 4.69) is 29.0 Å². The molecule has 26 heavy (non-hydrogen) atoms. The second kappa shape index (κ2) is 7.23. The zero-order valence-corrected chi connectivity index (χ0v) is 15.7. The van der Waals surface area contributed by atoms with Crippen LogP contribution in [0.25, 0.3) is 0 Å². The summed E-state index contributed by atoms with van der Waals surface area (Å²) in [5, 5.41) is 3.07. The Labute approximate surface area is 154 Å². The van der Waals surface area contributed by atoms with Crippen LogP contribution in [0.1, 0.15) is 43.6 Å². The largest absolute Gasteiger partial charge is 0.454 e. The fourth-order valence-corrected chi connectivity index (χ4v) is 2.97. The Bertz CT molecular complexity index is 783. The number of amides is 1. The summed E-state index contributed by atoms with van der Waals surface area (Å²) in [6, 6.07) is 9.41. The molecule has 0 atom stereocenters. The fourth-order valence-electron chi connectivity index (χ4n) is 2.97. The van der Waals surface area contributed by atoms with Crippen LogP contribution in [0.4, 0.5) is 5.82 Å². The monoisotopic (exact) mass is 355 g/mol. The van der Waals surface area contributed by atoms with Crippen molar-refractivity contribution < 1.29 is 14.3 Å². The number of rotatable bonds is 6. The number of carbonyl (C=O) groups is 1. The lowest BCUT2D eigenvalue weighted by atomic mass is 9.93. The minimum atomic E-state index is -0.560. The standard InChI is InChI=1S/C20H25N3O3/c1-5-23(6-2)18-10-7-14(12-21-18)19(24)22-20(3,4)15-8-9-16-17(11-15)26-13-25-16/h7-12H,5-6,13H2,1-4H3,(H,22,24). The highest BCUT2D eigenvalue weighted by Gasteiger charge is 2.26. The van der Waals surface area contributed by atoms with E-state index >= 15 is 0 Å². The van der Waals surface area contributed by atoms with Crippen LogP contribution in [0.2, 0.25) is 0 Å². The van der Waals surface area contributed by atoms with Gasteiger partial charge in [0, 0.05) is 19.3 Å². The Balaban J connectivity index is 1.74. The molecule has 0 fully saturated rings. The third kappa shape index (κ3) is 3.59. The molecule has 2 heterocycles. The van der Waals surface area contributed by atoms with Crippen molar-refractivity contribution in [1.29, 1.82) is 0 Å². The normalized spacial score (nSPS) is 12.8. The van der Waals surface area contributed by atoms with E-state index in [1.807, 2.05) is 44.2 Å². The van der Waals surface area contributed by atoms with Gasteiger partial charge in [-0.05, 0) is 57.5 Å². The van der Waals surface area contributed by atoms with Gasteiger partial charge in [-0.3, -0.25) is 4.79 Å². The number of ether oxygens (including phenoxy) is 2. The molecular formula is C20H25N3O3. The summed E-state index contributed by atoms with van der Waals surface area (Å²) in [6.07, 6.45) is 1.62. The molecule has 0 aliphatic carbocycles. The van der Waals surface area contributed by atoms with Crippen LogP contribution >= 0.6 is 0 Å². The summed E-state index contributed by atoms with van der Waals surface area (Å²) < 4.78 is 10.8. The van der Waals surface area contributed by atoms with Gasteiger partial charge in [-0.25, -0.2) is 4.98 Å². The van der Waals surface area contributed by atoms with Gasteiger partial charge in [-0.2, -0.15) is 0 Å². The van der Waals surface area contributed by atoms with Crippen LogP contribution in [-0.2, 0) is 5.54 Å². The molecule has 1 aliphatic heterocycles. The van der Waals surface area contributed by atoms with E-state index in [0.29, 0.717) is 11.3 Å². The highest BCUT2D eigenvalue weighted by atomic mass is 16.7. The summed E-state index contributed by atoms with van der Waals surface area (Å²) in [6.45, 7) is 10.1. The summed E-state index contributed by atoms with van der Waals surface area (Å²) in [7, 11) is 0. The molecule has 0 spiro atoms. The Morgan fingerprint density at radius 3 is 2.54 bits per heavy atom. The van der Waals surface area contributed by atoms with Crippen molar-refractivity contribution >= 4 is 11.7 Å². The summed E-state index contributed by atoms with van der Waals surface area (Å²) in [5.41, 5.74) is 0.924. The van der Waals surface area contributed by atoms with Gasteiger partial charge in [0.2, 0.25) is 6.79 Å². The van der Waals surface area contributed by atoms with E-state index in [0.717, 1.165) is 30.2 Å². The molecule has 1 aliphatic rings. The van der Waals surface area contributed by atoms with E-state index < -0.39 is 5.54 Å². The number of benzene rings is 1. The third-order valence-electron chi connectivity index (χ3n) is 4.62. The molecule has 0 unspecified atom stereocenters. The first kappa shape index (κ1) is 18.0. The van der Waals surface area contributed by atoms with Gasteiger partial charge in [-0.1, -0.05) is 6.07 Å². The first-order valence-corrected chi connectivity index (χ1v) is 8.88. The lowest BCUT2D eigenvalue weighted by Crippen LogP contribution is -2.41. The highest BCUT2D eigenvalue weighted by Crippen LogP contribution is 2.35. The molecule has 0 bridgehead atoms. The molecule has 2 aromatic rings. The maximum Gasteiger partial charge on any atom is 0.253 e. The van der Waals surface area contributed by atoms with Gasteiger partial charge in [-0.15, -0.1) is 0 Å². The van der Waals surface area contributed by atoms with Gasteiger partial charge >= 0.3 is 0 Å². The number of pyridine rings is 1. The molecule has 0 saturated heterocycles. The zero-order valence-electron chi connectivity index (χ0n) is 15.7. The number of carbonyl (C=O) groups excluding carboxylic acids is 1. The zero-order chi connectivity index (χ0) is 18.7. The number of hydrogen-bond acceptors (Lipinski definition) is 5. The SMILES string of the molecule is CCN(CC)c1ccc(C(=O)NC(C)(C)c2ccc3c(c2)OCO3)cn1. The van der Waals surface area contributed by atoms with Crippen LogP contribution in [0, 0.1) is 0 Å². The van der Waals surface area contributed by atoms with Crippen LogP contribution in [0.5, 0.6) is 11.5 Å². The average Bonchev–Trinajstić information content (AvgIpc) is 3.10. The number of nitrogens with one attached hydrogen (secondary N) is 1. The van der Waals surface area contributed by atoms with E-state index in [-0.39, 0.29) is 12.7 Å². The van der Waals surface area contributed by atoms with Crippen molar-refractivity contribution in [1.82, 2.24) is 10.3 Å². The van der Waals surface area contributed by atoms with Crippen LogP contribution in [-0.4, -0.2) is 30.8 Å². The van der Waals surface area contributed by atoms with Crippen LogP contribution in [0.15, 0.2) is 36.5 Å². The highest BCUT2D eigenvalue weighted by molar-refractivity contribution is 5.94. The van der Waals surface area contributed by atoms with Crippen LogP contribution < -0.4 is 19.7 Å². The maximum absolute atomic E-state index is 12.7. The molecule has 1 N–H and O–H groups in total. The molecule has 1 aromatic carbocycles. The summed E-state index contributed by atoms with van der Waals surface area (Å²) >= 11 is 0. The van der Waals surface area contributed by atoms with E-state index in [1.165, 1.54) is 0 Å². The van der Waals surface area contributed by atoms with Crippen molar-refractivity contribution in [3.8, 4) is 11.5 Å². The first-order valence-electron chi connectivity index (χ1n) is 8.88. The van der Waals surface area contributed by atoms with E-state index in [1.54, 1.807) is 6.20 Å². The number of fused-ring (bicyclic) bond motifs is 1.